The summed E-state index contributed by atoms with van der Waals surface area (Å²) in [5.41, 5.74) is 1.63. The normalized spacial score (nSPS) is 24.5. The fourth-order valence-electron chi connectivity index (χ4n) is 6.20. The lowest BCUT2D eigenvalue weighted by Gasteiger charge is -2.43. The number of benzene rings is 2. The summed E-state index contributed by atoms with van der Waals surface area (Å²) in [6, 6.07) is 7.40. The van der Waals surface area contributed by atoms with Crippen LogP contribution in [0.4, 0.5) is 13.2 Å². The van der Waals surface area contributed by atoms with E-state index in [-0.39, 0.29) is 28.6 Å². The van der Waals surface area contributed by atoms with E-state index in [2.05, 4.69) is 20.6 Å². The smallest absolute Gasteiger partial charge is 0.243 e. The number of sulfonamides is 1. The maximum atomic E-state index is 13.9. The molecule has 2 fully saturated rings. The van der Waals surface area contributed by atoms with Gasteiger partial charge in [0, 0.05) is 37.9 Å². The van der Waals surface area contributed by atoms with Gasteiger partial charge in [-0.2, -0.15) is 4.31 Å². The third kappa shape index (κ3) is 6.55. The quantitative estimate of drug-likeness (QED) is 0.252. The Morgan fingerprint density at radius 2 is 1.68 bits per heavy atom. The van der Waals surface area contributed by atoms with Crippen LogP contribution in [0.2, 0.25) is 0 Å². The van der Waals surface area contributed by atoms with Crippen LogP contribution in [-0.2, 0) is 26.0 Å². The van der Waals surface area contributed by atoms with Crippen molar-refractivity contribution in [2.75, 3.05) is 26.8 Å². The lowest BCUT2D eigenvalue weighted by Crippen LogP contribution is -2.57. The van der Waals surface area contributed by atoms with E-state index >= 15 is 0 Å². The first-order chi connectivity index (χ1) is 22.5. The van der Waals surface area contributed by atoms with Crippen molar-refractivity contribution in [2.24, 2.45) is 0 Å². The predicted octanol–water partition coefficient (Wildman–Crippen LogP) is 2.21. The highest BCUT2D eigenvalue weighted by Gasteiger charge is 2.47. The monoisotopic (exact) mass is 677 g/mol. The topological polar surface area (TPSA) is 158 Å². The minimum atomic E-state index is -3.61. The molecule has 2 aromatic heterocycles. The Morgan fingerprint density at radius 3 is 2.32 bits per heavy atom. The highest BCUT2D eigenvalue weighted by Crippen LogP contribution is 2.34. The molecule has 0 spiro atoms. The molecule has 13 nitrogen and oxygen atoms in total. The number of aliphatic hydroxyl groups is 2. The Bertz CT molecular complexity index is 1790. The van der Waals surface area contributed by atoms with Gasteiger partial charge in [0.15, 0.2) is 17.5 Å². The first kappa shape index (κ1) is 33.2. The van der Waals surface area contributed by atoms with Gasteiger partial charge in [-0.3, -0.25) is 0 Å². The second-order valence-electron chi connectivity index (χ2n) is 11.8. The van der Waals surface area contributed by atoms with E-state index in [9.17, 15) is 31.8 Å². The van der Waals surface area contributed by atoms with Crippen LogP contribution in [0.3, 0.4) is 0 Å². The molecule has 2 N–H and O–H groups in total. The summed E-state index contributed by atoms with van der Waals surface area (Å²) in [5.74, 6) is -4.41. The van der Waals surface area contributed by atoms with Crippen molar-refractivity contribution in [1.29, 1.82) is 0 Å². The molecular formula is C30H34F3N7O6S. The van der Waals surface area contributed by atoms with Gasteiger partial charge in [-0.05, 0) is 44.0 Å². The van der Waals surface area contributed by atoms with Crippen LogP contribution in [0, 0.1) is 24.4 Å². The largest absolute Gasteiger partial charge is 0.394 e. The van der Waals surface area contributed by atoms with E-state index in [1.165, 1.54) is 22.3 Å². The molecule has 0 saturated carbocycles. The third-order valence-electron chi connectivity index (χ3n) is 8.79. The number of methoxy groups -OCH3 is 1. The Hall–Kier alpha value is -3.74. The molecule has 6 rings (SSSR count). The van der Waals surface area contributed by atoms with Gasteiger partial charge in [-0.25, -0.2) is 31.0 Å². The van der Waals surface area contributed by atoms with Gasteiger partial charge >= 0.3 is 0 Å². The van der Waals surface area contributed by atoms with Crippen molar-refractivity contribution < 1.29 is 41.3 Å². The van der Waals surface area contributed by atoms with E-state index in [1.807, 2.05) is 6.92 Å². The Labute approximate surface area is 268 Å². The van der Waals surface area contributed by atoms with Crippen LogP contribution in [0.25, 0.3) is 11.3 Å². The zero-order valence-corrected chi connectivity index (χ0v) is 26.3. The number of ether oxygens (including phenoxy) is 2. The van der Waals surface area contributed by atoms with Crippen LogP contribution in [0.1, 0.15) is 36.1 Å². The summed E-state index contributed by atoms with van der Waals surface area (Å²) in [6.07, 6.45) is 0.217. The van der Waals surface area contributed by atoms with Gasteiger partial charge in [0.1, 0.15) is 36.2 Å². The number of aryl methyl sites for hydroxylation is 1. The van der Waals surface area contributed by atoms with Crippen LogP contribution in [0.15, 0.2) is 53.7 Å². The number of aliphatic hydroxyl groups excluding tert-OH is 2. The maximum Gasteiger partial charge on any atom is 0.243 e. The summed E-state index contributed by atoms with van der Waals surface area (Å²) in [5, 5.41) is 37.7. The van der Waals surface area contributed by atoms with Gasteiger partial charge < -0.3 is 19.7 Å². The van der Waals surface area contributed by atoms with Crippen molar-refractivity contribution in [1.82, 2.24) is 34.3 Å². The molecule has 17 heteroatoms. The number of halogens is 3. The number of aromatic nitrogens is 6. The molecule has 5 atom stereocenters. The van der Waals surface area contributed by atoms with Gasteiger partial charge in [-0.1, -0.05) is 28.1 Å². The zero-order chi connectivity index (χ0) is 33.5. The summed E-state index contributed by atoms with van der Waals surface area (Å²) < 4.78 is 83.5. The van der Waals surface area contributed by atoms with Crippen molar-refractivity contribution in [3.8, 4) is 11.3 Å². The Kier molecular flexibility index (Phi) is 9.46. The standard InChI is InChI=1S/C30H34F3N7O6S/c1-17-3-5-20(6-4-17)47(43,44)39-9-7-18(8-10-39)23-13-38(36-34-23)15-25-30(45-2)28(29(42)26(16-41)46-25)40-14-24(35-37-40)19-11-21(31)27(33)22(32)12-19/h3-6,11-14,18,25-26,28-30,41-42H,7-10,15-16H2,1-2H3/t25-,26-,28+,29+,30+/m1/s1. The average Bonchev–Trinajstić information content (AvgIpc) is 3.74. The van der Waals surface area contributed by atoms with Gasteiger partial charge in [-0.15, -0.1) is 10.2 Å². The number of rotatable bonds is 9. The number of piperidine rings is 1. The van der Waals surface area contributed by atoms with E-state index in [1.54, 1.807) is 35.1 Å². The fourth-order valence-corrected chi connectivity index (χ4v) is 7.67. The number of hydrogen-bond acceptors (Lipinski definition) is 10. The van der Waals surface area contributed by atoms with Crippen molar-refractivity contribution in [3.63, 3.8) is 0 Å². The van der Waals surface area contributed by atoms with Crippen LogP contribution in [-0.4, -0.2) is 104 Å². The van der Waals surface area contributed by atoms with Crippen LogP contribution >= 0.6 is 0 Å². The molecule has 0 aliphatic carbocycles. The highest BCUT2D eigenvalue weighted by atomic mass is 32.2. The Morgan fingerprint density at radius 1 is 1.00 bits per heavy atom. The van der Waals surface area contributed by atoms with Crippen molar-refractivity contribution in [2.45, 2.75) is 67.6 Å². The van der Waals surface area contributed by atoms with E-state index < -0.39 is 64.5 Å². The average molecular weight is 678 g/mol. The lowest BCUT2D eigenvalue weighted by atomic mass is 9.92. The maximum absolute atomic E-state index is 13.9. The molecular weight excluding hydrogens is 643 g/mol. The molecule has 0 bridgehead atoms. The van der Waals surface area contributed by atoms with E-state index in [4.69, 9.17) is 9.47 Å². The molecule has 2 aromatic carbocycles. The highest BCUT2D eigenvalue weighted by molar-refractivity contribution is 7.89. The molecule has 2 saturated heterocycles. The van der Waals surface area contributed by atoms with Crippen LogP contribution in [0.5, 0.6) is 0 Å². The summed E-state index contributed by atoms with van der Waals surface area (Å²) in [4.78, 5) is 0.262. The SMILES string of the molecule is CO[C@@H]1[C@@H](n2cc(-c3cc(F)c(F)c(F)c3)nn2)[C@@H](O)[C@@H](CO)O[C@@H]1Cn1cc(C2CCN(S(=O)(=O)c3ccc(C)cc3)CC2)nn1. The van der Waals surface area contributed by atoms with Gasteiger partial charge in [0.2, 0.25) is 10.0 Å². The lowest BCUT2D eigenvalue weighted by molar-refractivity contribution is -0.216. The minimum Gasteiger partial charge on any atom is -0.394 e. The fraction of sp³-hybridized carbons (Fsp3) is 0.467. The second kappa shape index (κ2) is 13.4. The molecule has 47 heavy (non-hydrogen) atoms. The summed E-state index contributed by atoms with van der Waals surface area (Å²) >= 11 is 0. The van der Waals surface area contributed by atoms with E-state index in [0.29, 0.717) is 31.6 Å². The van der Waals surface area contributed by atoms with Gasteiger partial charge in [0.25, 0.3) is 0 Å². The first-order valence-electron chi connectivity index (χ1n) is 15.0. The molecule has 2 aliphatic rings. The number of hydrogen-bond donors (Lipinski definition) is 2. The summed E-state index contributed by atoms with van der Waals surface area (Å²) in [6.45, 7) is 2.14. The summed E-state index contributed by atoms with van der Waals surface area (Å²) in [7, 11) is -2.20. The van der Waals surface area contributed by atoms with Crippen molar-refractivity contribution in [3.05, 3.63) is 77.5 Å². The predicted molar refractivity (Wildman–Crippen MR) is 159 cm³/mol. The molecule has 0 amide bonds. The van der Waals surface area contributed by atoms with E-state index in [0.717, 1.165) is 17.7 Å². The Balaban J connectivity index is 1.16. The first-order valence-corrected chi connectivity index (χ1v) is 16.4. The second-order valence-corrected chi connectivity index (χ2v) is 13.7. The molecule has 0 radical (unpaired) electrons. The molecule has 4 aromatic rings. The van der Waals surface area contributed by atoms with Crippen molar-refractivity contribution >= 4 is 10.0 Å². The molecule has 2 aliphatic heterocycles. The molecule has 0 unspecified atom stereocenters. The molecule has 4 heterocycles. The van der Waals surface area contributed by atoms with Crippen LogP contribution < -0.4 is 0 Å². The van der Waals surface area contributed by atoms with Gasteiger partial charge in [0.05, 0.1) is 29.9 Å². The number of nitrogens with zero attached hydrogens (tertiary/aromatic N) is 7. The third-order valence-corrected chi connectivity index (χ3v) is 10.7. The minimum absolute atomic E-state index is 0.0202. The molecule has 252 valence electrons. The zero-order valence-electron chi connectivity index (χ0n) is 25.5.